The Bertz CT molecular complexity index is 884. The van der Waals surface area contributed by atoms with Crippen molar-refractivity contribution in [1.82, 2.24) is 4.57 Å². The standard InChI is InChI=1S/C21H21N/c1-14-12-17(13-15(2)16(14)3)22-20-10-6-4-8-18(20)19-9-5-7-11-21(19)22/h4-12,15H,13H2,1-3H3. The van der Waals surface area contributed by atoms with E-state index in [0.29, 0.717) is 5.92 Å². The lowest BCUT2D eigenvalue weighted by molar-refractivity contribution is 0.674. The first-order valence-electron chi connectivity index (χ1n) is 8.03. The first kappa shape index (κ1) is 13.4. The fourth-order valence-corrected chi connectivity index (χ4v) is 3.67. The molecule has 1 heteroatoms. The van der Waals surface area contributed by atoms with Gasteiger partial charge >= 0.3 is 0 Å². The van der Waals surface area contributed by atoms with E-state index in [4.69, 9.17) is 0 Å². The molecule has 0 bridgehead atoms. The van der Waals surface area contributed by atoms with E-state index in [-0.39, 0.29) is 0 Å². The first-order chi connectivity index (χ1) is 10.7. The maximum absolute atomic E-state index is 2.46. The molecule has 1 nitrogen and oxygen atoms in total. The summed E-state index contributed by atoms with van der Waals surface area (Å²) in [6, 6.07) is 17.5. The minimum Gasteiger partial charge on any atom is -0.313 e. The van der Waals surface area contributed by atoms with E-state index in [9.17, 15) is 0 Å². The van der Waals surface area contributed by atoms with Crippen LogP contribution in [0.3, 0.4) is 0 Å². The van der Waals surface area contributed by atoms with Gasteiger partial charge in [-0.1, -0.05) is 54.5 Å². The van der Waals surface area contributed by atoms with E-state index >= 15 is 0 Å². The van der Waals surface area contributed by atoms with Gasteiger partial charge in [-0.05, 0) is 44.4 Å². The topological polar surface area (TPSA) is 4.93 Å². The highest BCUT2D eigenvalue weighted by Crippen LogP contribution is 2.37. The van der Waals surface area contributed by atoms with E-state index < -0.39 is 0 Å². The largest absolute Gasteiger partial charge is 0.313 e. The summed E-state index contributed by atoms with van der Waals surface area (Å²) in [5.41, 5.74) is 6.97. The highest BCUT2D eigenvalue weighted by atomic mass is 15.0. The van der Waals surface area contributed by atoms with E-state index in [1.165, 1.54) is 38.6 Å². The van der Waals surface area contributed by atoms with Crippen LogP contribution in [0.1, 0.15) is 27.2 Å². The predicted molar refractivity (Wildman–Crippen MR) is 95.9 cm³/mol. The van der Waals surface area contributed by atoms with Crippen molar-refractivity contribution in [2.75, 3.05) is 0 Å². The van der Waals surface area contributed by atoms with Crippen LogP contribution in [-0.4, -0.2) is 4.57 Å². The zero-order chi connectivity index (χ0) is 15.3. The van der Waals surface area contributed by atoms with Gasteiger partial charge in [0.15, 0.2) is 0 Å². The van der Waals surface area contributed by atoms with Crippen molar-refractivity contribution >= 4 is 27.5 Å². The molecule has 1 aliphatic rings. The van der Waals surface area contributed by atoms with Crippen LogP contribution in [0.2, 0.25) is 0 Å². The minimum atomic E-state index is 0.611. The van der Waals surface area contributed by atoms with E-state index in [2.05, 4.69) is 79.9 Å². The summed E-state index contributed by atoms with van der Waals surface area (Å²) in [6.07, 6.45) is 3.47. The fraction of sp³-hybridized carbons (Fsp3) is 0.238. The van der Waals surface area contributed by atoms with E-state index in [0.717, 1.165) is 6.42 Å². The predicted octanol–water partition coefficient (Wildman–Crippen LogP) is 6.01. The van der Waals surface area contributed by atoms with Crippen molar-refractivity contribution in [3.05, 3.63) is 65.8 Å². The minimum absolute atomic E-state index is 0.611. The molecule has 4 rings (SSSR count). The maximum Gasteiger partial charge on any atom is 0.0537 e. The van der Waals surface area contributed by atoms with E-state index in [1.807, 2.05) is 0 Å². The van der Waals surface area contributed by atoms with Crippen LogP contribution in [-0.2, 0) is 0 Å². The Labute approximate surface area is 131 Å². The third-order valence-electron chi connectivity index (χ3n) is 5.13. The molecule has 0 saturated carbocycles. The Kier molecular flexibility index (Phi) is 2.97. The highest BCUT2D eigenvalue weighted by molar-refractivity contribution is 6.10. The van der Waals surface area contributed by atoms with Crippen LogP contribution in [0.25, 0.3) is 27.5 Å². The molecule has 0 saturated heterocycles. The van der Waals surface area contributed by atoms with Crippen LogP contribution in [0.5, 0.6) is 0 Å². The number of fused-ring (bicyclic) bond motifs is 3. The van der Waals surface area contributed by atoms with Gasteiger partial charge in [-0.25, -0.2) is 0 Å². The molecule has 3 aromatic rings. The number of allylic oxidation sites excluding steroid dienone is 4. The number of hydrogen-bond acceptors (Lipinski definition) is 0. The lowest BCUT2D eigenvalue weighted by Crippen LogP contribution is -2.09. The Morgan fingerprint density at radius 2 is 1.41 bits per heavy atom. The summed E-state index contributed by atoms with van der Waals surface area (Å²) in [4.78, 5) is 0. The smallest absolute Gasteiger partial charge is 0.0537 e. The first-order valence-corrected chi connectivity index (χ1v) is 8.03. The van der Waals surface area contributed by atoms with Crippen LogP contribution in [0.4, 0.5) is 0 Å². The molecule has 1 atom stereocenters. The molecular formula is C21H21N. The van der Waals surface area contributed by atoms with Gasteiger partial charge in [0.05, 0.1) is 11.0 Å². The molecule has 0 aliphatic heterocycles. The van der Waals surface area contributed by atoms with Gasteiger partial charge in [0, 0.05) is 16.5 Å². The second-order valence-electron chi connectivity index (χ2n) is 6.48. The SMILES string of the molecule is CC1=C(C)C(C)CC(n2c3ccccc3c3ccccc32)=C1. The summed E-state index contributed by atoms with van der Waals surface area (Å²) in [5.74, 6) is 0.611. The van der Waals surface area contributed by atoms with Gasteiger partial charge < -0.3 is 4.57 Å². The summed E-state index contributed by atoms with van der Waals surface area (Å²) in [5, 5.41) is 2.69. The Hall–Kier alpha value is -2.28. The van der Waals surface area contributed by atoms with Gasteiger partial charge in [0.25, 0.3) is 0 Å². The monoisotopic (exact) mass is 287 g/mol. The fourth-order valence-electron chi connectivity index (χ4n) is 3.67. The molecule has 0 radical (unpaired) electrons. The Morgan fingerprint density at radius 1 is 0.864 bits per heavy atom. The molecule has 1 aromatic heterocycles. The number of hydrogen-bond donors (Lipinski definition) is 0. The summed E-state index contributed by atoms with van der Waals surface area (Å²) in [6.45, 7) is 6.83. The van der Waals surface area contributed by atoms with Crippen molar-refractivity contribution in [2.24, 2.45) is 5.92 Å². The van der Waals surface area contributed by atoms with E-state index in [1.54, 1.807) is 0 Å². The molecule has 1 aliphatic carbocycles. The summed E-state index contributed by atoms with van der Waals surface area (Å²) >= 11 is 0. The number of benzene rings is 2. The second-order valence-corrected chi connectivity index (χ2v) is 6.48. The van der Waals surface area contributed by atoms with Crippen molar-refractivity contribution < 1.29 is 0 Å². The van der Waals surface area contributed by atoms with Crippen LogP contribution >= 0.6 is 0 Å². The van der Waals surface area contributed by atoms with Gasteiger partial charge in [-0.3, -0.25) is 0 Å². The quantitative estimate of drug-likeness (QED) is 0.516. The number of rotatable bonds is 1. The zero-order valence-electron chi connectivity index (χ0n) is 13.4. The van der Waals surface area contributed by atoms with Gasteiger partial charge in [0.1, 0.15) is 0 Å². The van der Waals surface area contributed by atoms with Crippen molar-refractivity contribution in [1.29, 1.82) is 0 Å². The number of para-hydroxylation sites is 2. The number of aromatic nitrogens is 1. The maximum atomic E-state index is 2.46. The van der Waals surface area contributed by atoms with Gasteiger partial charge in [0.2, 0.25) is 0 Å². The third kappa shape index (κ3) is 1.85. The molecule has 0 amide bonds. The second kappa shape index (κ2) is 4.88. The summed E-state index contributed by atoms with van der Waals surface area (Å²) in [7, 11) is 0. The normalized spacial score (nSPS) is 19.0. The molecule has 0 N–H and O–H groups in total. The zero-order valence-corrected chi connectivity index (χ0v) is 13.4. The van der Waals surface area contributed by atoms with Crippen molar-refractivity contribution in [3.63, 3.8) is 0 Å². The molecule has 1 unspecified atom stereocenters. The summed E-state index contributed by atoms with van der Waals surface area (Å²) < 4.78 is 2.46. The molecule has 0 spiro atoms. The van der Waals surface area contributed by atoms with Crippen molar-refractivity contribution in [3.8, 4) is 0 Å². The molecule has 110 valence electrons. The molecule has 1 heterocycles. The van der Waals surface area contributed by atoms with Crippen molar-refractivity contribution in [2.45, 2.75) is 27.2 Å². The van der Waals surface area contributed by atoms with Crippen LogP contribution < -0.4 is 0 Å². The van der Waals surface area contributed by atoms with Crippen LogP contribution in [0, 0.1) is 5.92 Å². The molecule has 22 heavy (non-hydrogen) atoms. The van der Waals surface area contributed by atoms with Gasteiger partial charge in [-0.2, -0.15) is 0 Å². The number of nitrogens with zero attached hydrogens (tertiary/aromatic N) is 1. The Balaban J connectivity index is 2.08. The Morgan fingerprint density at radius 3 is 1.95 bits per heavy atom. The average Bonchev–Trinajstić information content (AvgIpc) is 2.87. The van der Waals surface area contributed by atoms with Crippen LogP contribution in [0.15, 0.2) is 65.8 Å². The molecular weight excluding hydrogens is 266 g/mol. The third-order valence-corrected chi connectivity index (χ3v) is 5.13. The van der Waals surface area contributed by atoms with Gasteiger partial charge in [-0.15, -0.1) is 0 Å². The molecule has 2 aromatic carbocycles. The highest BCUT2D eigenvalue weighted by Gasteiger charge is 2.19. The molecule has 0 fully saturated rings. The lowest BCUT2D eigenvalue weighted by Gasteiger charge is -2.24. The average molecular weight is 287 g/mol. The lowest BCUT2D eigenvalue weighted by atomic mass is 9.88.